The molecule has 0 aliphatic heterocycles. The van der Waals surface area contributed by atoms with Crippen LogP contribution in [0.4, 0.5) is 0 Å². The van der Waals surface area contributed by atoms with Gasteiger partial charge in [-0.3, -0.25) is 4.99 Å². The van der Waals surface area contributed by atoms with Crippen LogP contribution in [0, 0.1) is 0 Å². The maximum Gasteiger partial charge on any atom is 0.191 e. The van der Waals surface area contributed by atoms with E-state index >= 15 is 0 Å². The van der Waals surface area contributed by atoms with Crippen LogP contribution in [0.5, 0.6) is 17.2 Å². The van der Waals surface area contributed by atoms with E-state index in [2.05, 4.69) is 40.7 Å². The fourth-order valence-electron chi connectivity index (χ4n) is 3.10. The summed E-state index contributed by atoms with van der Waals surface area (Å²) in [6.45, 7) is 1.29. The second-order valence-corrected chi connectivity index (χ2v) is 6.72. The number of aliphatic imine (C=N–C) groups is 1. The Labute approximate surface area is 196 Å². The highest BCUT2D eigenvalue weighted by Crippen LogP contribution is 2.28. The Hall–Kier alpha value is -2.20. The predicted molar refractivity (Wildman–Crippen MR) is 133 cm³/mol. The minimum absolute atomic E-state index is 0. The number of rotatable bonds is 9. The molecule has 0 amide bonds. The number of ether oxygens (including phenoxy) is 3. The lowest BCUT2D eigenvalue weighted by Crippen LogP contribution is -2.41. The Morgan fingerprint density at radius 1 is 0.933 bits per heavy atom. The van der Waals surface area contributed by atoms with Gasteiger partial charge < -0.3 is 29.7 Å². The highest BCUT2D eigenvalue weighted by Gasteiger charge is 2.18. The quantitative estimate of drug-likeness (QED) is 0.296. The zero-order valence-electron chi connectivity index (χ0n) is 18.6. The molecule has 2 aromatic carbocycles. The van der Waals surface area contributed by atoms with Gasteiger partial charge in [-0.25, -0.2) is 0 Å². The van der Waals surface area contributed by atoms with Crippen molar-refractivity contribution in [2.75, 3.05) is 49.0 Å². The van der Waals surface area contributed by atoms with Crippen molar-refractivity contribution in [2.45, 2.75) is 12.6 Å². The van der Waals surface area contributed by atoms with Crippen molar-refractivity contribution < 1.29 is 14.2 Å². The van der Waals surface area contributed by atoms with Gasteiger partial charge in [-0.15, -0.1) is 24.0 Å². The van der Waals surface area contributed by atoms with Gasteiger partial charge in [0.15, 0.2) is 17.5 Å². The van der Waals surface area contributed by atoms with E-state index in [1.807, 2.05) is 36.4 Å². The summed E-state index contributed by atoms with van der Waals surface area (Å²) in [4.78, 5) is 6.49. The minimum Gasteiger partial charge on any atom is -0.496 e. The zero-order chi connectivity index (χ0) is 21.2. The first-order valence-corrected chi connectivity index (χ1v) is 9.48. The Bertz CT molecular complexity index is 815. The van der Waals surface area contributed by atoms with E-state index in [0.29, 0.717) is 24.6 Å². The van der Waals surface area contributed by atoms with Gasteiger partial charge in [-0.05, 0) is 37.9 Å². The molecule has 0 radical (unpaired) electrons. The Morgan fingerprint density at radius 3 is 2.20 bits per heavy atom. The van der Waals surface area contributed by atoms with Crippen molar-refractivity contribution >= 4 is 29.9 Å². The summed E-state index contributed by atoms with van der Waals surface area (Å²) in [6, 6.07) is 14.1. The third-order valence-corrected chi connectivity index (χ3v) is 4.72. The molecule has 2 N–H and O–H groups in total. The number of hydrogen-bond donors (Lipinski definition) is 2. The number of nitrogens with zero attached hydrogens (tertiary/aromatic N) is 2. The van der Waals surface area contributed by atoms with Gasteiger partial charge in [0, 0.05) is 25.7 Å². The van der Waals surface area contributed by atoms with E-state index in [1.54, 1.807) is 28.4 Å². The molecule has 0 aromatic heterocycles. The number of para-hydroxylation sites is 1. The van der Waals surface area contributed by atoms with Crippen molar-refractivity contribution in [3.63, 3.8) is 0 Å². The fourth-order valence-corrected chi connectivity index (χ4v) is 3.10. The SMILES string of the molecule is CN=C(NCc1ccc(OC)c(OC)c1)NCC(c1ccccc1OC)N(C)C.I. The van der Waals surface area contributed by atoms with E-state index in [4.69, 9.17) is 14.2 Å². The number of guanidine groups is 1. The van der Waals surface area contributed by atoms with E-state index < -0.39 is 0 Å². The first kappa shape index (κ1) is 25.8. The normalized spacial score (nSPS) is 12.0. The molecule has 0 fully saturated rings. The largest absolute Gasteiger partial charge is 0.496 e. The van der Waals surface area contributed by atoms with Crippen molar-refractivity contribution in [2.24, 2.45) is 4.99 Å². The second kappa shape index (κ2) is 13.2. The highest BCUT2D eigenvalue weighted by molar-refractivity contribution is 14.0. The molecular weight excluding hydrogens is 495 g/mol. The van der Waals surface area contributed by atoms with Crippen LogP contribution in [0.25, 0.3) is 0 Å². The monoisotopic (exact) mass is 528 g/mol. The Balaban J connectivity index is 0.00000450. The lowest BCUT2D eigenvalue weighted by Gasteiger charge is -2.27. The zero-order valence-corrected chi connectivity index (χ0v) is 20.9. The van der Waals surface area contributed by atoms with Gasteiger partial charge in [0.05, 0.1) is 27.4 Å². The lowest BCUT2D eigenvalue weighted by atomic mass is 10.0. The number of benzene rings is 2. The average molecular weight is 528 g/mol. The average Bonchev–Trinajstić information content (AvgIpc) is 2.75. The van der Waals surface area contributed by atoms with Gasteiger partial charge in [-0.1, -0.05) is 24.3 Å². The second-order valence-electron chi connectivity index (χ2n) is 6.72. The highest BCUT2D eigenvalue weighted by atomic mass is 127. The van der Waals surface area contributed by atoms with E-state index in [1.165, 1.54) is 0 Å². The maximum absolute atomic E-state index is 5.53. The molecule has 0 bridgehead atoms. The molecule has 1 atom stereocenters. The molecule has 30 heavy (non-hydrogen) atoms. The van der Waals surface area contributed by atoms with E-state index in [9.17, 15) is 0 Å². The maximum atomic E-state index is 5.53. The van der Waals surface area contributed by atoms with Crippen molar-refractivity contribution in [1.82, 2.24) is 15.5 Å². The first-order valence-electron chi connectivity index (χ1n) is 9.48. The third kappa shape index (κ3) is 6.94. The Morgan fingerprint density at radius 2 is 1.60 bits per heavy atom. The first-order chi connectivity index (χ1) is 14.0. The van der Waals surface area contributed by atoms with Crippen LogP contribution in [-0.2, 0) is 6.54 Å². The molecule has 8 heteroatoms. The van der Waals surface area contributed by atoms with Crippen LogP contribution in [0.3, 0.4) is 0 Å². The van der Waals surface area contributed by atoms with E-state index in [-0.39, 0.29) is 30.0 Å². The topological polar surface area (TPSA) is 67.4 Å². The van der Waals surface area contributed by atoms with Crippen molar-refractivity contribution in [1.29, 1.82) is 0 Å². The molecule has 0 aliphatic carbocycles. The van der Waals surface area contributed by atoms with Crippen molar-refractivity contribution in [3.8, 4) is 17.2 Å². The number of hydrogen-bond acceptors (Lipinski definition) is 5. The predicted octanol–water partition coefficient (Wildman–Crippen LogP) is 3.30. The molecule has 7 nitrogen and oxygen atoms in total. The molecule has 0 saturated heterocycles. The number of halogens is 1. The molecular formula is C22H33IN4O3. The van der Waals surface area contributed by atoms with Crippen LogP contribution in [0.1, 0.15) is 17.2 Å². The minimum atomic E-state index is 0. The molecule has 0 aliphatic rings. The molecule has 0 heterocycles. The number of nitrogens with one attached hydrogen (secondary N) is 2. The number of methoxy groups -OCH3 is 3. The summed E-state index contributed by atoms with van der Waals surface area (Å²) in [5, 5.41) is 6.75. The van der Waals surface area contributed by atoms with Crippen LogP contribution >= 0.6 is 24.0 Å². The van der Waals surface area contributed by atoms with Gasteiger partial charge >= 0.3 is 0 Å². The summed E-state index contributed by atoms with van der Waals surface area (Å²) < 4.78 is 16.2. The van der Waals surface area contributed by atoms with Crippen LogP contribution in [0.15, 0.2) is 47.5 Å². The van der Waals surface area contributed by atoms with Gasteiger partial charge in [0.1, 0.15) is 5.75 Å². The molecule has 1 unspecified atom stereocenters. The third-order valence-electron chi connectivity index (χ3n) is 4.72. The summed E-state index contributed by atoms with van der Waals surface area (Å²) in [5.74, 6) is 3.02. The number of likely N-dealkylation sites (N-methyl/N-ethyl adjacent to an activating group) is 1. The lowest BCUT2D eigenvalue weighted by molar-refractivity contribution is 0.287. The summed E-state index contributed by atoms with van der Waals surface area (Å²) in [5.41, 5.74) is 2.20. The summed E-state index contributed by atoms with van der Waals surface area (Å²) in [7, 11) is 10.8. The summed E-state index contributed by atoms with van der Waals surface area (Å²) >= 11 is 0. The van der Waals surface area contributed by atoms with E-state index in [0.717, 1.165) is 22.8 Å². The smallest absolute Gasteiger partial charge is 0.191 e. The van der Waals surface area contributed by atoms with Gasteiger partial charge in [0.2, 0.25) is 0 Å². The van der Waals surface area contributed by atoms with Gasteiger partial charge in [0.25, 0.3) is 0 Å². The molecule has 0 spiro atoms. The van der Waals surface area contributed by atoms with Crippen LogP contribution < -0.4 is 24.8 Å². The molecule has 166 valence electrons. The van der Waals surface area contributed by atoms with Crippen LogP contribution in [-0.4, -0.2) is 59.9 Å². The van der Waals surface area contributed by atoms with Gasteiger partial charge in [-0.2, -0.15) is 0 Å². The molecule has 0 saturated carbocycles. The molecule has 2 rings (SSSR count). The fraction of sp³-hybridized carbons (Fsp3) is 0.409. The van der Waals surface area contributed by atoms with Crippen LogP contribution in [0.2, 0.25) is 0 Å². The Kier molecular flexibility index (Phi) is 11.3. The summed E-state index contributed by atoms with van der Waals surface area (Å²) in [6.07, 6.45) is 0. The molecule has 2 aromatic rings. The standard InChI is InChI=1S/C22H32N4O3.HI/c1-23-22(24-14-16-11-12-20(28-5)21(13-16)29-6)25-15-18(26(2)3)17-9-7-8-10-19(17)27-4;/h7-13,18H,14-15H2,1-6H3,(H2,23,24,25);1H. The van der Waals surface area contributed by atoms with Crippen molar-refractivity contribution in [3.05, 3.63) is 53.6 Å².